The first-order chi connectivity index (χ1) is 14.0. The van der Waals surface area contributed by atoms with Gasteiger partial charge in [0.2, 0.25) is 11.8 Å². The fourth-order valence-corrected chi connectivity index (χ4v) is 4.76. The van der Waals surface area contributed by atoms with Crippen molar-refractivity contribution >= 4 is 11.8 Å². The van der Waals surface area contributed by atoms with Gasteiger partial charge in [0.05, 0.1) is 36.7 Å². The molecule has 7 nitrogen and oxygen atoms in total. The second kappa shape index (κ2) is 6.52. The fraction of sp³-hybridized carbons (Fsp3) is 0.381. The van der Waals surface area contributed by atoms with Crippen LogP contribution in [-0.2, 0) is 27.4 Å². The van der Waals surface area contributed by atoms with Crippen molar-refractivity contribution < 1.29 is 18.7 Å². The van der Waals surface area contributed by atoms with Crippen LogP contribution in [0.3, 0.4) is 0 Å². The zero-order valence-corrected chi connectivity index (χ0v) is 15.9. The minimum Gasteiger partial charge on any atom is -0.360 e. The number of fused-ring (bicyclic) bond motifs is 1. The van der Waals surface area contributed by atoms with E-state index < -0.39 is 17.4 Å². The van der Waals surface area contributed by atoms with E-state index in [0.717, 1.165) is 11.3 Å². The lowest BCUT2D eigenvalue weighted by atomic mass is 9.76. The Morgan fingerprint density at radius 1 is 1.38 bits per heavy atom. The van der Waals surface area contributed by atoms with E-state index >= 15 is 0 Å². The van der Waals surface area contributed by atoms with E-state index in [1.54, 1.807) is 35.2 Å². The van der Waals surface area contributed by atoms with Gasteiger partial charge in [-0.25, -0.2) is 4.39 Å². The summed E-state index contributed by atoms with van der Waals surface area (Å²) in [6.07, 6.45) is 5.09. The van der Waals surface area contributed by atoms with Crippen LogP contribution in [0.15, 0.2) is 48.7 Å². The number of hydrogen-bond donors (Lipinski definition) is 1. The lowest BCUT2D eigenvalue weighted by molar-refractivity contribution is -0.142. The fourth-order valence-electron chi connectivity index (χ4n) is 4.76. The largest absolute Gasteiger partial charge is 0.360 e. The third-order valence-electron chi connectivity index (χ3n) is 6.09. The smallest absolute Gasteiger partial charge is 0.230 e. The summed E-state index contributed by atoms with van der Waals surface area (Å²) in [6, 6.07) is 7.92. The molecule has 3 aliphatic heterocycles. The molecular formula is C21H21FN4O3. The molecule has 3 aliphatic rings. The number of halogens is 1. The molecule has 2 bridgehead atoms. The van der Waals surface area contributed by atoms with E-state index in [1.165, 1.54) is 12.1 Å². The standard InChI is InChI=1S/C21H21FN4O3/c1-25(11-15-7-9-23-24-15)19(27)17-16-6-8-21(29-16)12-26(20(28)18(17)21)10-13-2-4-14(22)5-3-13/h2-9,16-18H,10-12H2,1H3,(H,23,24)/t16-,17+,18-,21-/m0/s1. The van der Waals surface area contributed by atoms with Crippen molar-refractivity contribution in [3.8, 4) is 0 Å². The summed E-state index contributed by atoms with van der Waals surface area (Å²) in [6.45, 7) is 1.15. The molecule has 0 radical (unpaired) electrons. The number of amides is 2. The number of aromatic amines is 1. The van der Waals surface area contributed by atoms with E-state index in [2.05, 4.69) is 10.2 Å². The van der Waals surface area contributed by atoms with Gasteiger partial charge >= 0.3 is 0 Å². The van der Waals surface area contributed by atoms with Gasteiger partial charge in [-0.05, 0) is 23.8 Å². The van der Waals surface area contributed by atoms with E-state index in [4.69, 9.17) is 4.74 Å². The van der Waals surface area contributed by atoms with Gasteiger partial charge in [-0.3, -0.25) is 14.7 Å². The Morgan fingerprint density at radius 3 is 2.90 bits per heavy atom. The Kier molecular flexibility index (Phi) is 4.06. The first-order valence-electron chi connectivity index (χ1n) is 9.60. The van der Waals surface area contributed by atoms with Crippen molar-refractivity contribution in [2.75, 3.05) is 13.6 Å². The highest BCUT2D eigenvalue weighted by Crippen LogP contribution is 2.52. The maximum absolute atomic E-state index is 13.2. The monoisotopic (exact) mass is 396 g/mol. The van der Waals surface area contributed by atoms with Gasteiger partial charge < -0.3 is 14.5 Å². The molecular weight excluding hydrogens is 375 g/mol. The lowest BCUT2D eigenvalue weighted by Crippen LogP contribution is -2.44. The molecule has 2 fully saturated rings. The van der Waals surface area contributed by atoms with Gasteiger partial charge in [0.25, 0.3) is 0 Å². The van der Waals surface area contributed by atoms with E-state index in [1.807, 2.05) is 18.2 Å². The number of hydrogen-bond acceptors (Lipinski definition) is 4. The Morgan fingerprint density at radius 2 is 2.17 bits per heavy atom. The van der Waals surface area contributed by atoms with Crippen LogP contribution in [0.5, 0.6) is 0 Å². The summed E-state index contributed by atoms with van der Waals surface area (Å²) in [7, 11) is 1.72. The number of ether oxygens (including phenoxy) is 1. The van der Waals surface area contributed by atoms with Crippen molar-refractivity contribution in [3.05, 3.63) is 65.8 Å². The van der Waals surface area contributed by atoms with Crippen molar-refractivity contribution in [3.63, 3.8) is 0 Å². The predicted molar refractivity (Wildman–Crippen MR) is 101 cm³/mol. The maximum atomic E-state index is 13.2. The van der Waals surface area contributed by atoms with Crippen LogP contribution >= 0.6 is 0 Å². The van der Waals surface area contributed by atoms with Gasteiger partial charge in [-0.1, -0.05) is 24.3 Å². The number of carbonyl (C=O) groups excluding carboxylic acids is 2. The second-order valence-electron chi connectivity index (χ2n) is 8.00. The first-order valence-corrected chi connectivity index (χ1v) is 9.60. The summed E-state index contributed by atoms with van der Waals surface area (Å²) in [4.78, 5) is 29.8. The molecule has 5 rings (SSSR count). The SMILES string of the molecule is CN(Cc1ccn[nH]1)C(=O)[C@@H]1[C@@H]2C=C[C@@]3(CN(Cc4ccc(F)cc4)C(=O)[C@H]13)O2. The third kappa shape index (κ3) is 2.86. The molecule has 2 amide bonds. The molecule has 0 aliphatic carbocycles. The van der Waals surface area contributed by atoms with Gasteiger partial charge in [0.15, 0.2) is 0 Å². The van der Waals surface area contributed by atoms with Crippen molar-refractivity contribution in [1.29, 1.82) is 0 Å². The molecule has 1 N–H and O–H groups in total. The van der Waals surface area contributed by atoms with E-state index in [-0.39, 0.29) is 23.7 Å². The van der Waals surface area contributed by atoms with E-state index in [9.17, 15) is 14.0 Å². The lowest BCUT2D eigenvalue weighted by Gasteiger charge is -2.27. The average molecular weight is 396 g/mol. The summed E-state index contributed by atoms with van der Waals surface area (Å²) in [5.74, 6) is -1.59. The molecule has 1 aromatic carbocycles. The predicted octanol–water partition coefficient (Wildman–Crippen LogP) is 1.49. The maximum Gasteiger partial charge on any atom is 0.230 e. The highest BCUT2D eigenvalue weighted by atomic mass is 19.1. The second-order valence-corrected chi connectivity index (χ2v) is 8.00. The molecule has 0 unspecified atom stereocenters. The van der Waals surface area contributed by atoms with Gasteiger partial charge in [0, 0.05) is 19.8 Å². The van der Waals surface area contributed by atoms with Crippen LogP contribution in [0.1, 0.15) is 11.3 Å². The first kappa shape index (κ1) is 18.1. The highest BCUT2D eigenvalue weighted by molar-refractivity contribution is 5.93. The van der Waals surface area contributed by atoms with Gasteiger partial charge in [0.1, 0.15) is 11.4 Å². The van der Waals surface area contributed by atoms with Crippen LogP contribution in [-0.4, -0.2) is 57.1 Å². The van der Waals surface area contributed by atoms with Crippen LogP contribution < -0.4 is 0 Å². The number of rotatable bonds is 5. The highest BCUT2D eigenvalue weighted by Gasteiger charge is 2.67. The quantitative estimate of drug-likeness (QED) is 0.777. The van der Waals surface area contributed by atoms with Crippen molar-refractivity contribution in [2.45, 2.75) is 24.8 Å². The van der Waals surface area contributed by atoms with Crippen molar-refractivity contribution in [2.24, 2.45) is 11.8 Å². The molecule has 0 saturated carbocycles. The summed E-state index contributed by atoms with van der Waals surface area (Å²) < 4.78 is 19.3. The number of nitrogens with zero attached hydrogens (tertiary/aromatic N) is 3. The zero-order valence-electron chi connectivity index (χ0n) is 15.9. The number of nitrogens with one attached hydrogen (secondary N) is 1. The number of H-pyrrole nitrogens is 1. The van der Waals surface area contributed by atoms with Crippen LogP contribution in [0.2, 0.25) is 0 Å². The number of benzene rings is 1. The summed E-state index contributed by atoms with van der Waals surface area (Å²) in [5.41, 5.74) is 0.913. The normalized spacial score (nSPS) is 29.5. The van der Waals surface area contributed by atoms with Crippen molar-refractivity contribution in [1.82, 2.24) is 20.0 Å². The third-order valence-corrected chi connectivity index (χ3v) is 6.09. The Bertz CT molecular complexity index is 974. The molecule has 2 saturated heterocycles. The summed E-state index contributed by atoms with van der Waals surface area (Å²) in [5, 5.41) is 6.76. The molecule has 1 aromatic heterocycles. The number of likely N-dealkylation sites (tertiary alicyclic amines) is 1. The molecule has 150 valence electrons. The van der Waals surface area contributed by atoms with Gasteiger partial charge in [-0.15, -0.1) is 0 Å². The Labute approximate surface area is 167 Å². The Hall–Kier alpha value is -3.00. The van der Waals surface area contributed by atoms with E-state index in [0.29, 0.717) is 19.6 Å². The topological polar surface area (TPSA) is 78.5 Å². The minimum absolute atomic E-state index is 0.0885. The van der Waals surface area contributed by atoms with Crippen LogP contribution in [0, 0.1) is 17.7 Å². The van der Waals surface area contributed by atoms with Crippen LogP contribution in [0.4, 0.5) is 4.39 Å². The molecule has 4 heterocycles. The van der Waals surface area contributed by atoms with Crippen LogP contribution in [0.25, 0.3) is 0 Å². The molecule has 4 atom stereocenters. The number of aromatic nitrogens is 2. The molecule has 2 aromatic rings. The molecule has 1 spiro atoms. The van der Waals surface area contributed by atoms with Gasteiger partial charge in [-0.2, -0.15) is 5.10 Å². The summed E-state index contributed by atoms with van der Waals surface area (Å²) >= 11 is 0. The number of carbonyl (C=O) groups is 2. The Balaban J connectivity index is 1.36. The zero-order chi connectivity index (χ0) is 20.2. The molecule has 8 heteroatoms. The molecule has 29 heavy (non-hydrogen) atoms. The minimum atomic E-state index is -0.753. The average Bonchev–Trinajstić information content (AvgIpc) is 3.46.